The van der Waals surface area contributed by atoms with Crippen molar-refractivity contribution < 1.29 is 22.4 Å². The molecule has 0 saturated heterocycles. The standard InChI is InChI=1S/C27H30FN3O4S/c1-19-9-13-23(14-10-19)31(36(34,35)24-15-11-20(2)12-16-24)18-26(32)30(21(3)27(33)29-4)17-22-7-5-6-8-25(22)28/h5-16,21H,17-18H2,1-4H3,(H,29,33). The lowest BCUT2D eigenvalue weighted by Gasteiger charge is -2.31. The minimum absolute atomic E-state index is 0.0291. The van der Waals surface area contributed by atoms with Crippen LogP contribution in [0.3, 0.4) is 0 Å². The molecule has 190 valence electrons. The molecule has 0 aromatic heterocycles. The third kappa shape index (κ3) is 6.09. The number of anilines is 1. The van der Waals surface area contributed by atoms with Crippen molar-refractivity contribution in [2.75, 3.05) is 17.9 Å². The molecule has 3 aromatic rings. The van der Waals surface area contributed by atoms with Crippen LogP contribution in [0.4, 0.5) is 10.1 Å². The van der Waals surface area contributed by atoms with E-state index >= 15 is 0 Å². The summed E-state index contributed by atoms with van der Waals surface area (Å²) in [6.45, 7) is 4.46. The predicted octanol–water partition coefficient (Wildman–Crippen LogP) is 3.80. The van der Waals surface area contributed by atoms with Gasteiger partial charge in [0, 0.05) is 19.2 Å². The van der Waals surface area contributed by atoms with Crippen LogP contribution in [0.1, 0.15) is 23.6 Å². The predicted molar refractivity (Wildman–Crippen MR) is 137 cm³/mol. The fourth-order valence-corrected chi connectivity index (χ4v) is 5.09. The van der Waals surface area contributed by atoms with Crippen molar-refractivity contribution in [2.45, 2.75) is 38.3 Å². The first-order chi connectivity index (χ1) is 17.0. The molecule has 0 bridgehead atoms. The molecular weight excluding hydrogens is 481 g/mol. The summed E-state index contributed by atoms with van der Waals surface area (Å²) < 4.78 is 42.8. The molecule has 1 unspecified atom stereocenters. The highest BCUT2D eigenvalue weighted by Gasteiger charge is 2.32. The molecule has 1 atom stereocenters. The van der Waals surface area contributed by atoms with Gasteiger partial charge in [0.15, 0.2) is 0 Å². The lowest BCUT2D eigenvalue weighted by molar-refractivity contribution is -0.139. The molecule has 0 fully saturated rings. The monoisotopic (exact) mass is 511 g/mol. The molecule has 0 spiro atoms. The minimum atomic E-state index is -4.13. The van der Waals surface area contributed by atoms with E-state index in [9.17, 15) is 22.4 Å². The molecule has 7 nitrogen and oxygen atoms in total. The van der Waals surface area contributed by atoms with Crippen molar-refractivity contribution in [3.8, 4) is 0 Å². The van der Waals surface area contributed by atoms with E-state index in [0.717, 1.165) is 15.4 Å². The maximum Gasteiger partial charge on any atom is 0.264 e. The van der Waals surface area contributed by atoms with E-state index in [4.69, 9.17) is 0 Å². The highest BCUT2D eigenvalue weighted by atomic mass is 32.2. The third-order valence-corrected chi connectivity index (χ3v) is 7.71. The summed E-state index contributed by atoms with van der Waals surface area (Å²) in [5.74, 6) is -1.63. The van der Waals surface area contributed by atoms with Crippen molar-refractivity contribution in [1.29, 1.82) is 0 Å². The maximum absolute atomic E-state index is 14.4. The number of aryl methyl sites for hydroxylation is 2. The van der Waals surface area contributed by atoms with E-state index in [1.165, 1.54) is 49.2 Å². The summed E-state index contributed by atoms with van der Waals surface area (Å²) in [5, 5.41) is 2.49. The number of benzene rings is 3. The number of amides is 2. The number of nitrogens with zero attached hydrogens (tertiary/aromatic N) is 2. The van der Waals surface area contributed by atoms with Gasteiger partial charge in [0.1, 0.15) is 18.4 Å². The van der Waals surface area contributed by atoms with Gasteiger partial charge in [0.2, 0.25) is 11.8 Å². The smallest absolute Gasteiger partial charge is 0.264 e. The Hall–Kier alpha value is -3.72. The Kier molecular flexibility index (Phi) is 8.47. The Morgan fingerprint density at radius 1 is 0.917 bits per heavy atom. The van der Waals surface area contributed by atoms with Crippen LogP contribution < -0.4 is 9.62 Å². The van der Waals surface area contributed by atoms with Crippen LogP contribution >= 0.6 is 0 Å². The number of hydrogen-bond donors (Lipinski definition) is 1. The highest BCUT2D eigenvalue weighted by molar-refractivity contribution is 7.92. The van der Waals surface area contributed by atoms with Crippen molar-refractivity contribution in [3.63, 3.8) is 0 Å². The molecule has 0 aliphatic heterocycles. The van der Waals surface area contributed by atoms with Crippen molar-refractivity contribution in [1.82, 2.24) is 10.2 Å². The van der Waals surface area contributed by atoms with E-state index in [-0.39, 0.29) is 17.0 Å². The second kappa shape index (κ2) is 11.3. The van der Waals surface area contributed by atoms with Crippen molar-refractivity contribution in [3.05, 3.63) is 95.3 Å². The zero-order chi connectivity index (χ0) is 26.5. The largest absolute Gasteiger partial charge is 0.357 e. The van der Waals surface area contributed by atoms with Gasteiger partial charge in [-0.3, -0.25) is 13.9 Å². The van der Waals surface area contributed by atoms with Gasteiger partial charge in [0.25, 0.3) is 10.0 Å². The molecule has 0 radical (unpaired) electrons. The zero-order valence-corrected chi connectivity index (χ0v) is 21.5. The first-order valence-corrected chi connectivity index (χ1v) is 12.9. The van der Waals surface area contributed by atoms with E-state index in [0.29, 0.717) is 5.69 Å². The fraction of sp³-hybridized carbons (Fsp3) is 0.259. The van der Waals surface area contributed by atoms with Gasteiger partial charge in [-0.15, -0.1) is 0 Å². The third-order valence-electron chi connectivity index (χ3n) is 5.92. The number of hydrogen-bond acceptors (Lipinski definition) is 4. The molecule has 0 aliphatic rings. The van der Waals surface area contributed by atoms with Gasteiger partial charge in [-0.1, -0.05) is 53.6 Å². The highest BCUT2D eigenvalue weighted by Crippen LogP contribution is 2.25. The van der Waals surface area contributed by atoms with E-state index in [2.05, 4.69) is 5.32 Å². The lowest BCUT2D eigenvalue weighted by Crippen LogP contribution is -2.50. The average Bonchev–Trinajstić information content (AvgIpc) is 2.86. The summed E-state index contributed by atoms with van der Waals surface area (Å²) in [7, 11) is -2.70. The Bertz CT molecular complexity index is 1330. The van der Waals surface area contributed by atoms with Crippen LogP contribution in [0, 0.1) is 19.7 Å². The minimum Gasteiger partial charge on any atom is -0.357 e. The number of halogens is 1. The maximum atomic E-state index is 14.4. The van der Waals surface area contributed by atoms with Crippen molar-refractivity contribution in [2.24, 2.45) is 0 Å². The first kappa shape index (κ1) is 26.9. The van der Waals surface area contributed by atoms with Crippen LogP contribution in [-0.2, 0) is 26.2 Å². The molecule has 9 heteroatoms. The fourth-order valence-electron chi connectivity index (χ4n) is 3.68. The molecular formula is C27H30FN3O4S. The van der Waals surface area contributed by atoms with Crippen molar-refractivity contribution >= 4 is 27.5 Å². The number of nitrogens with one attached hydrogen (secondary N) is 1. The Labute approximate surface area is 211 Å². The van der Waals surface area contributed by atoms with Crippen LogP contribution in [0.25, 0.3) is 0 Å². The van der Waals surface area contributed by atoms with Gasteiger partial charge < -0.3 is 10.2 Å². The molecule has 36 heavy (non-hydrogen) atoms. The van der Waals surface area contributed by atoms with Gasteiger partial charge >= 0.3 is 0 Å². The summed E-state index contributed by atoms with van der Waals surface area (Å²) >= 11 is 0. The second-order valence-electron chi connectivity index (χ2n) is 8.56. The molecule has 3 aromatic carbocycles. The Balaban J connectivity index is 2.03. The number of sulfonamides is 1. The Morgan fingerprint density at radius 2 is 1.47 bits per heavy atom. The van der Waals surface area contributed by atoms with Gasteiger partial charge in [-0.2, -0.15) is 0 Å². The molecule has 1 N–H and O–H groups in total. The quantitative estimate of drug-likeness (QED) is 0.474. The number of carbonyl (C=O) groups excluding carboxylic acids is 2. The SMILES string of the molecule is CNC(=O)C(C)N(Cc1ccccc1F)C(=O)CN(c1ccc(C)cc1)S(=O)(=O)c1ccc(C)cc1. The summed E-state index contributed by atoms with van der Waals surface area (Å²) in [6, 6.07) is 18.1. The van der Waals surface area contributed by atoms with E-state index in [1.807, 2.05) is 13.8 Å². The molecule has 0 aliphatic carbocycles. The second-order valence-corrected chi connectivity index (χ2v) is 10.4. The van der Waals surface area contributed by atoms with Gasteiger partial charge in [0.05, 0.1) is 10.6 Å². The Morgan fingerprint density at radius 3 is 2.03 bits per heavy atom. The van der Waals surface area contributed by atoms with Gasteiger partial charge in [-0.25, -0.2) is 12.8 Å². The molecule has 3 rings (SSSR count). The summed E-state index contributed by atoms with van der Waals surface area (Å²) in [6.07, 6.45) is 0. The van der Waals surface area contributed by atoms with Crippen LogP contribution in [0.15, 0.2) is 77.7 Å². The van der Waals surface area contributed by atoms with Crippen LogP contribution in [0.5, 0.6) is 0 Å². The van der Waals surface area contributed by atoms with Crippen LogP contribution in [-0.4, -0.2) is 44.8 Å². The van der Waals surface area contributed by atoms with E-state index in [1.54, 1.807) is 42.5 Å². The number of likely N-dealkylation sites (N-methyl/N-ethyl adjacent to an activating group) is 1. The average molecular weight is 512 g/mol. The van der Waals surface area contributed by atoms with E-state index < -0.39 is 40.2 Å². The lowest BCUT2D eigenvalue weighted by atomic mass is 10.1. The zero-order valence-electron chi connectivity index (χ0n) is 20.7. The first-order valence-electron chi connectivity index (χ1n) is 11.4. The summed E-state index contributed by atoms with van der Waals surface area (Å²) in [4.78, 5) is 27.3. The molecule has 0 heterocycles. The topological polar surface area (TPSA) is 86.8 Å². The van der Waals surface area contributed by atoms with Gasteiger partial charge in [-0.05, 0) is 51.1 Å². The molecule has 0 saturated carbocycles. The number of rotatable bonds is 9. The number of carbonyl (C=O) groups is 2. The molecule has 2 amide bonds. The van der Waals surface area contributed by atoms with Crippen LogP contribution in [0.2, 0.25) is 0 Å². The summed E-state index contributed by atoms with van der Waals surface area (Å²) in [5.41, 5.74) is 2.33. The normalized spacial score (nSPS) is 12.0.